The van der Waals surface area contributed by atoms with Crippen LogP contribution in [0.3, 0.4) is 0 Å². The molecule has 2 nitrogen and oxygen atoms in total. The van der Waals surface area contributed by atoms with Crippen molar-refractivity contribution in [1.29, 1.82) is 0 Å². The molecule has 1 aliphatic rings. The molecule has 0 aromatic rings. The molecule has 0 saturated heterocycles. The summed E-state index contributed by atoms with van der Waals surface area (Å²) < 4.78 is 22.4. The molecule has 0 N–H and O–H groups in total. The monoisotopic (exact) mass is 252 g/mol. The summed E-state index contributed by atoms with van der Waals surface area (Å²) in [5.41, 5.74) is 0. The van der Waals surface area contributed by atoms with Gasteiger partial charge < -0.3 is 0 Å². The van der Waals surface area contributed by atoms with Gasteiger partial charge in [0.25, 0.3) is 0 Å². The average molecular weight is 253 g/mol. The maximum atomic E-state index is 11.5. The summed E-state index contributed by atoms with van der Waals surface area (Å²) in [4.78, 5) is 0. The first-order valence-corrected chi connectivity index (χ1v) is 8.21. The van der Waals surface area contributed by atoms with Crippen LogP contribution in [0.2, 0.25) is 0 Å². The number of halogens is 1. The first kappa shape index (κ1) is 13.3. The normalized spacial score (nSPS) is 24.7. The molecule has 0 amide bonds. The Kier molecular flexibility index (Phi) is 4.91. The van der Waals surface area contributed by atoms with Crippen LogP contribution in [0.25, 0.3) is 0 Å². The highest BCUT2D eigenvalue weighted by atomic mass is 35.7. The van der Waals surface area contributed by atoms with Crippen molar-refractivity contribution >= 4 is 19.7 Å². The predicted octanol–water partition coefficient (Wildman–Crippen LogP) is 3.84. The van der Waals surface area contributed by atoms with Crippen LogP contribution in [0, 0.1) is 0 Å². The molecule has 0 heterocycles. The summed E-state index contributed by atoms with van der Waals surface area (Å²) in [5, 5.41) is 0. The molecule has 0 spiro atoms. The van der Waals surface area contributed by atoms with Crippen molar-refractivity contribution in [2.45, 2.75) is 69.5 Å². The van der Waals surface area contributed by atoms with Crippen molar-refractivity contribution in [3.63, 3.8) is 0 Å². The molecule has 0 aromatic heterocycles. The van der Waals surface area contributed by atoms with Gasteiger partial charge in [-0.1, -0.05) is 44.9 Å². The van der Waals surface area contributed by atoms with E-state index in [9.17, 15) is 8.42 Å². The van der Waals surface area contributed by atoms with Gasteiger partial charge in [0.05, 0.1) is 4.75 Å². The van der Waals surface area contributed by atoms with E-state index >= 15 is 0 Å². The van der Waals surface area contributed by atoms with Crippen molar-refractivity contribution in [1.82, 2.24) is 0 Å². The van der Waals surface area contributed by atoms with E-state index in [2.05, 4.69) is 0 Å². The zero-order chi connectivity index (χ0) is 11.4. The largest absolute Gasteiger partial charge is 0.238 e. The molecule has 1 rings (SSSR count). The lowest BCUT2D eigenvalue weighted by atomic mass is 9.93. The van der Waals surface area contributed by atoms with Gasteiger partial charge in [-0.05, 0) is 19.8 Å². The Morgan fingerprint density at radius 1 is 0.867 bits per heavy atom. The van der Waals surface area contributed by atoms with Crippen LogP contribution in [0.15, 0.2) is 0 Å². The Bertz CT molecular complexity index is 275. The highest BCUT2D eigenvalue weighted by Crippen LogP contribution is 2.34. The second-order valence-corrected chi connectivity index (χ2v) is 7.94. The van der Waals surface area contributed by atoms with Gasteiger partial charge in [0.2, 0.25) is 9.05 Å². The van der Waals surface area contributed by atoms with E-state index in [1.807, 2.05) is 0 Å². The third kappa shape index (κ3) is 3.95. The van der Waals surface area contributed by atoms with E-state index in [-0.39, 0.29) is 0 Å². The van der Waals surface area contributed by atoms with Gasteiger partial charge in [0.15, 0.2) is 0 Å². The third-order valence-corrected chi connectivity index (χ3v) is 6.20. The van der Waals surface area contributed by atoms with Crippen LogP contribution >= 0.6 is 10.7 Å². The average Bonchev–Trinajstić information content (AvgIpc) is 2.14. The van der Waals surface area contributed by atoms with Crippen LogP contribution in [0.4, 0.5) is 0 Å². The summed E-state index contributed by atoms with van der Waals surface area (Å²) in [7, 11) is 2.12. The molecule has 0 aromatic carbocycles. The molecule has 1 saturated carbocycles. The Balaban J connectivity index is 2.67. The molecular formula is C11H21ClO2S. The zero-order valence-corrected chi connectivity index (χ0v) is 11.0. The maximum absolute atomic E-state index is 11.5. The molecule has 0 bridgehead atoms. The van der Waals surface area contributed by atoms with Gasteiger partial charge in [-0.25, -0.2) is 8.42 Å². The lowest BCUT2D eigenvalue weighted by Gasteiger charge is -2.27. The molecule has 0 aliphatic heterocycles. The SMILES string of the molecule is CC1(S(=O)(=O)Cl)CCCCCCCCC1. The number of hydrogen-bond donors (Lipinski definition) is 0. The van der Waals surface area contributed by atoms with Crippen molar-refractivity contribution < 1.29 is 8.42 Å². The van der Waals surface area contributed by atoms with Gasteiger partial charge in [-0.15, -0.1) is 0 Å². The van der Waals surface area contributed by atoms with Crippen molar-refractivity contribution in [3.05, 3.63) is 0 Å². The fraction of sp³-hybridized carbons (Fsp3) is 1.00. The smallest absolute Gasteiger partial charge is 0.212 e. The number of hydrogen-bond acceptors (Lipinski definition) is 2. The Labute approximate surface area is 97.8 Å². The molecule has 1 fully saturated rings. The van der Waals surface area contributed by atoms with E-state index in [0.717, 1.165) is 38.5 Å². The van der Waals surface area contributed by atoms with Crippen LogP contribution in [-0.2, 0) is 9.05 Å². The summed E-state index contributed by atoms with van der Waals surface area (Å²) in [6, 6.07) is 0. The summed E-state index contributed by atoms with van der Waals surface area (Å²) >= 11 is 0. The minimum Gasteiger partial charge on any atom is -0.212 e. The molecule has 0 unspecified atom stereocenters. The van der Waals surface area contributed by atoms with Crippen molar-refractivity contribution in [2.75, 3.05) is 0 Å². The quantitative estimate of drug-likeness (QED) is 0.665. The maximum Gasteiger partial charge on any atom is 0.238 e. The number of rotatable bonds is 1. The minimum absolute atomic E-state index is 0.689. The Hall–Kier alpha value is 0.240. The van der Waals surface area contributed by atoms with Crippen LogP contribution in [0.5, 0.6) is 0 Å². The Morgan fingerprint density at radius 3 is 1.53 bits per heavy atom. The molecule has 15 heavy (non-hydrogen) atoms. The molecule has 4 heteroatoms. The highest BCUT2D eigenvalue weighted by Gasteiger charge is 2.36. The van der Waals surface area contributed by atoms with Gasteiger partial charge in [0, 0.05) is 10.7 Å². The van der Waals surface area contributed by atoms with E-state index < -0.39 is 13.8 Å². The van der Waals surface area contributed by atoms with Gasteiger partial charge in [-0.3, -0.25) is 0 Å². The first-order valence-electron chi connectivity index (χ1n) is 5.90. The lowest BCUT2D eigenvalue weighted by molar-refractivity contribution is 0.424. The van der Waals surface area contributed by atoms with E-state index in [1.54, 1.807) is 6.92 Å². The van der Waals surface area contributed by atoms with Gasteiger partial charge in [-0.2, -0.15) is 0 Å². The molecule has 0 radical (unpaired) electrons. The van der Waals surface area contributed by atoms with Crippen molar-refractivity contribution in [3.8, 4) is 0 Å². The Morgan fingerprint density at radius 2 is 1.20 bits per heavy atom. The summed E-state index contributed by atoms with van der Waals surface area (Å²) in [6.45, 7) is 1.80. The fourth-order valence-electron chi connectivity index (χ4n) is 2.25. The second kappa shape index (κ2) is 5.53. The highest BCUT2D eigenvalue weighted by molar-refractivity contribution is 8.14. The van der Waals surface area contributed by atoms with Gasteiger partial charge >= 0.3 is 0 Å². The molecule has 0 atom stereocenters. The fourth-order valence-corrected chi connectivity index (χ4v) is 3.49. The zero-order valence-electron chi connectivity index (χ0n) is 9.47. The third-order valence-electron chi connectivity index (χ3n) is 3.50. The molecule has 1 aliphatic carbocycles. The van der Waals surface area contributed by atoms with Gasteiger partial charge in [0.1, 0.15) is 0 Å². The van der Waals surface area contributed by atoms with Crippen LogP contribution in [-0.4, -0.2) is 13.2 Å². The topological polar surface area (TPSA) is 34.1 Å². The van der Waals surface area contributed by atoms with E-state index in [1.165, 1.54) is 19.3 Å². The lowest BCUT2D eigenvalue weighted by Crippen LogP contribution is -2.32. The minimum atomic E-state index is -3.42. The van der Waals surface area contributed by atoms with Crippen molar-refractivity contribution in [2.24, 2.45) is 0 Å². The molecule has 90 valence electrons. The standard InChI is InChI=1S/C11H21ClO2S/c1-11(15(12,13)14)9-7-5-3-2-4-6-8-10-11/h2-10H2,1H3. The summed E-state index contributed by atoms with van der Waals surface area (Å²) in [5.74, 6) is 0. The predicted molar refractivity (Wildman–Crippen MR) is 64.7 cm³/mol. The van der Waals surface area contributed by atoms with Crippen LogP contribution in [0.1, 0.15) is 64.7 Å². The van der Waals surface area contributed by atoms with Crippen LogP contribution < -0.4 is 0 Å². The van der Waals surface area contributed by atoms with E-state index in [4.69, 9.17) is 10.7 Å². The van der Waals surface area contributed by atoms with E-state index in [0.29, 0.717) is 0 Å². The molecular weight excluding hydrogens is 232 g/mol. The summed E-state index contributed by atoms with van der Waals surface area (Å²) in [6.07, 6.45) is 9.47. The first-order chi connectivity index (χ1) is 6.96. The second-order valence-electron chi connectivity index (χ2n) is 4.86.